The molecule has 2 aliphatic carbocycles. The van der Waals surface area contributed by atoms with Crippen LogP contribution in [0.4, 0.5) is 0 Å². The van der Waals surface area contributed by atoms with Crippen LogP contribution >= 0.6 is 0 Å². The van der Waals surface area contributed by atoms with Crippen molar-refractivity contribution in [3.63, 3.8) is 0 Å². The van der Waals surface area contributed by atoms with Crippen molar-refractivity contribution < 1.29 is 23.9 Å². The predicted octanol–water partition coefficient (Wildman–Crippen LogP) is 3.09. The van der Waals surface area contributed by atoms with Gasteiger partial charge in [0.1, 0.15) is 0 Å². The standard InChI is InChI=1S/C17H26O5/c1-13(18)21-16(9-5-3-6-10-16)15(20)17(22-14(2)19)11-7-4-8-12-17/h3-12H2,1-2H3. The summed E-state index contributed by atoms with van der Waals surface area (Å²) in [7, 11) is 0. The van der Waals surface area contributed by atoms with E-state index in [2.05, 4.69) is 0 Å². The molecular weight excluding hydrogens is 284 g/mol. The fourth-order valence-electron chi connectivity index (χ4n) is 3.96. The lowest BCUT2D eigenvalue weighted by atomic mass is 9.70. The highest BCUT2D eigenvalue weighted by molar-refractivity contribution is 5.97. The van der Waals surface area contributed by atoms with Crippen LogP contribution in [0.15, 0.2) is 0 Å². The van der Waals surface area contributed by atoms with Gasteiger partial charge < -0.3 is 9.47 Å². The number of hydrogen-bond donors (Lipinski definition) is 0. The van der Waals surface area contributed by atoms with E-state index in [1.165, 1.54) is 13.8 Å². The zero-order valence-corrected chi connectivity index (χ0v) is 13.6. The number of ether oxygens (including phenoxy) is 2. The van der Waals surface area contributed by atoms with Crippen molar-refractivity contribution in [2.24, 2.45) is 0 Å². The molecular formula is C17H26O5. The molecule has 2 aliphatic rings. The second-order valence-electron chi connectivity index (χ2n) is 6.63. The minimum absolute atomic E-state index is 0.190. The summed E-state index contributed by atoms with van der Waals surface area (Å²) in [6.45, 7) is 2.67. The van der Waals surface area contributed by atoms with Crippen LogP contribution in [0.3, 0.4) is 0 Å². The summed E-state index contributed by atoms with van der Waals surface area (Å²) in [4.78, 5) is 36.4. The van der Waals surface area contributed by atoms with Gasteiger partial charge in [0.25, 0.3) is 0 Å². The average Bonchev–Trinajstić information content (AvgIpc) is 2.47. The van der Waals surface area contributed by atoms with Gasteiger partial charge in [-0.1, -0.05) is 12.8 Å². The molecule has 0 saturated heterocycles. The fraction of sp³-hybridized carbons (Fsp3) is 0.824. The Hall–Kier alpha value is -1.39. The molecule has 0 amide bonds. The summed E-state index contributed by atoms with van der Waals surface area (Å²) in [5, 5.41) is 0. The van der Waals surface area contributed by atoms with Gasteiger partial charge in [-0.3, -0.25) is 14.4 Å². The fourth-order valence-corrected chi connectivity index (χ4v) is 3.96. The maximum absolute atomic E-state index is 13.3. The van der Waals surface area contributed by atoms with Crippen molar-refractivity contribution in [2.45, 2.75) is 89.3 Å². The second kappa shape index (κ2) is 6.80. The van der Waals surface area contributed by atoms with Crippen molar-refractivity contribution in [2.75, 3.05) is 0 Å². The first-order valence-electron chi connectivity index (χ1n) is 8.34. The smallest absolute Gasteiger partial charge is 0.303 e. The van der Waals surface area contributed by atoms with Crippen molar-refractivity contribution in [1.29, 1.82) is 0 Å². The summed E-state index contributed by atoms with van der Waals surface area (Å²) in [6, 6.07) is 0. The molecule has 2 saturated carbocycles. The summed E-state index contributed by atoms with van der Waals surface area (Å²) < 4.78 is 11.0. The Morgan fingerprint density at radius 2 is 0.955 bits per heavy atom. The van der Waals surface area contributed by atoms with Gasteiger partial charge in [-0.05, 0) is 51.4 Å². The summed E-state index contributed by atoms with van der Waals surface area (Å²) in [5.41, 5.74) is -2.20. The van der Waals surface area contributed by atoms with Crippen LogP contribution in [0.5, 0.6) is 0 Å². The molecule has 2 fully saturated rings. The molecule has 124 valence electrons. The first kappa shape index (κ1) is 17.0. The topological polar surface area (TPSA) is 69.7 Å². The number of Topliss-reactive ketones (excluding diaryl/α,β-unsaturated/α-hetero) is 1. The SMILES string of the molecule is CC(=O)OC1(C(=O)C2(OC(C)=O)CCCCC2)CCCCC1. The molecule has 0 heterocycles. The highest BCUT2D eigenvalue weighted by Gasteiger charge is 2.55. The summed E-state index contributed by atoms with van der Waals surface area (Å²) in [5.74, 6) is -1.07. The van der Waals surface area contributed by atoms with E-state index in [9.17, 15) is 14.4 Å². The van der Waals surface area contributed by atoms with Gasteiger partial charge in [0, 0.05) is 13.8 Å². The van der Waals surface area contributed by atoms with E-state index < -0.39 is 23.1 Å². The van der Waals surface area contributed by atoms with Gasteiger partial charge in [-0.2, -0.15) is 0 Å². The van der Waals surface area contributed by atoms with E-state index >= 15 is 0 Å². The average molecular weight is 310 g/mol. The third kappa shape index (κ3) is 3.50. The number of hydrogen-bond acceptors (Lipinski definition) is 5. The molecule has 2 rings (SSSR count). The third-order valence-electron chi connectivity index (χ3n) is 4.83. The number of esters is 2. The quantitative estimate of drug-likeness (QED) is 0.746. The molecule has 0 aromatic heterocycles. The first-order valence-corrected chi connectivity index (χ1v) is 8.34. The molecule has 0 atom stereocenters. The van der Waals surface area contributed by atoms with E-state index in [1.807, 2.05) is 0 Å². The molecule has 0 aromatic carbocycles. The highest BCUT2D eigenvalue weighted by atomic mass is 16.6. The van der Waals surface area contributed by atoms with Crippen molar-refractivity contribution in [3.05, 3.63) is 0 Å². The van der Waals surface area contributed by atoms with Crippen LogP contribution in [0.2, 0.25) is 0 Å². The molecule has 0 aromatic rings. The molecule has 5 heteroatoms. The van der Waals surface area contributed by atoms with Gasteiger partial charge in [-0.15, -0.1) is 0 Å². The maximum atomic E-state index is 13.3. The Morgan fingerprint density at radius 3 is 1.23 bits per heavy atom. The van der Waals surface area contributed by atoms with Gasteiger partial charge in [0.2, 0.25) is 5.78 Å². The normalized spacial score (nSPS) is 23.4. The van der Waals surface area contributed by atoms with Crippen molar-refractivity contribution >= 4 is 17.7 Å². The lowest BCUT2D eigenvalue weighted by molar-refractivity contribution is -0.189. The van der Waals surface area contributed by atoms with Crippen LogP contribution in [0.25, 0.3) is 0 Å². The minimum Gasteiger partial charge on any atom is -0.451 e. The lowest BCUT2D eigenvalue weighted by Crippen LogP contribution is -2.58. The van der Waals surface area contributed by atoms with Crippen LogP contribution in [-0.2, 0) is 23.9 Å². The lowest BCUT2D eigenvalue weighted by Gasteiger charge is -2.43. The Kier molecular flexibility index (Phi) is 5.24. The Bertz CT molecular complexity index is 402. The van der Waals surface area contributed by atoms with Crippen LogP contribution in [0.1, 0.15) is 78.1 Å². The van der Waals surface area contributed by atoms with Gasteiger partial charge in [0.05, 0.1) is 0 Å². The monoisotopic (exact) mass is 310 g/mol. The molecule has 0 N–H and O–H groups in total. The number of carbonyl (C=O) groups excluding carboxylic acids is 3. The highest BCUT2D eigenvalue weighted by Crippen LogP contribution is 2.42. The molecule has 0 spiro atoms. The van der Waals surface area contributed by atoms with E-state index in [1.54, 1.807) is 0 Å². The number of ketones is 1. The van der Waals surface area contributed by atoms with E-state index in [0.29, 0.717) is 25.7 Å². The Labute approximate surface area is 131 Å². The summed E-state index contributed by atoms with van der Waals surface area (Å²) >= 11 is 0. The zero-order chi connectivity index (χ0) is 16.2. The molecule has 0 bridgehead atoms. The van der Waals surface area contributed by atoms with Crippen LogP contribution in [-0.4, -0.2) is 28.9 Å². The van der Waals surface area contributed by atoms with E-state index in [-0.39, 0.29) is 5.78 Å². The van der Waals surface area contributed by atoms with Crippen LogP contribution < -0.4 is 0 Å². The second-order valence-corrected chi connectivity index (χ2v) is 6.63. The molecule has 0 unspecified atom stereocenters. The maximum Gasteiger partial charge on any atom is 0.303 e. The predicted molar refractivity (Wildman–Crippen MR) is 80.2 cm³/mol. The van der Waals surface area contributed by atoms with Crippen LogP contribution in [0, 0.1) is 0 Å². The van der Waals surface area contributed by atoms with E-state index in [4.69, 9.17) is 9.47 Å². The van der Waals surface area contributed by atoms with Crippen molar-refractivity contribution in [3.8, 4) is 0 Å². The molecule has 22 heavy (non-hydrogen) atoms. The zero-order valence-electron chi connectivity index (χ0n) is 13.6. The van der Waals surface area contributed by atoms with Crippen molar-refractivity contribution in [1.82, 2.24) is 0 Å². The van der Waals surface area contributed by atoms with E-state index in [0.717, 1.165) is 38.5 Å². The minimum atomic E-state index is -1.10. The Balaban J connectivity index is 2.32. The largest absolute Gasteiger partial charge is 0.451 e. The van der Waals surface area contributed by atoms with Gasteiger partial charge in [-0.25, -0.2) is 0 Å². The first-order chi connectivity index (χ1) is 10.4. The summed E-state index contributed by atoms with van der Waals surface area (Å²) in [6.07, 6.45) is 7.65. The third-order valence-corrected chi connectivity index (χ3v) is 4.83. The number of rotatable bonds is 4. The Morgan fingerprint density at radius 1 is 0.636 bits per heavy atom. The molecule has 5 nitrogen and oxygen atoms in total. The number of carbonyl (C=O) groups is 3. The molecule has 0 aliphatic heterocycles. The van der Waals surface area contributed by atoms with Gasteiger partial charge in [0.15, 0.2) is 11.2 Å². The molecule has 0 radical (unpaired) electrons. The van der Waals surface area contributed by atoms with Gasteiger partial charge >= 0.3 is 11.9 Å².